The molecule has 3 aromatic rings. The predicted molar refractivity (Wildman–Crippen MR) is 101 cm³/mol. The van der Waals surface area contributed by atoms with E-state index in [1.54, 1.807) is 0 Å². The Labute approximate surface area is 153 Å². The summed E-state index contributed by atoms with van der Waals surface area (Å²) in [6.45, 7) is 8.52. The molecule has 3 heterocycles. The van der Waals surface area contributed by atoms with Crippen molar-refractivity contribution in [3.05, 3.63) is 58.9 Å². The zero-order chi connectivity index (χ0) is 18.3. The first-order chi connectivity index (χ1) is 12.5. The summed E-state index contributed by atoms with van der Waals surface area (Å²) in [6.07, 6.45) is 0. The van der Waals surface area contributed by atoms with E-state index in [1.807, 2.05) is 35.4 Å². The summed E-state index contributed by atoms with van der Waals surface area (Å²) in [5, 5.41) is 4.54. The molecule has 6 nitrogen and oxygen atoms in total. The minimum Gasteiger partial charge on any atom is -0.345 e. The van der Waals surface area contributed by atoms with Gasteiger partial charge in [-0.15, -0.1) is 0 Å². The molecule has 0 radical (unpaired) electrons. The maximum absolute atomic E-state index is 12.7. The van der Waals surface area contributed by atoms with Crippen LogP contribution in [-0.2, 0) is 11.3 Å². The Kier molecular flexibility index (Phi) is 4.11. The number of amides is 1. The lowest BCUT2D eigenvalue weighted by Crippen LogP contribution is -2.50. The van der Waals surface area contributed by atoms with Gasteiger partial charge in [-0.05, 0) is 26.3 Å². The van der Waals surface area contributed by atoms with Crippen LogP contribution in [0.15, 0.2) is 36.4 Å². The van der Waals surface area contributed by atoms with E-state index < -0.39 is 0 Å². The third-order valence-electron chi connectivity index (χ3n) is 4.80. The van der Waals surface area contributed by atoms with Gasteiger partial charge in [0.05, 0.1) is 12.2 Å². The molecule has 0 unspecified atom stereocenters. The molecule has 6 heteroatoms. The Morgan fingerprint density at radius 1 is 1.00 bits per heavy atom. The molecule has 134 valence electrons. The van der Waals surface area contributed by atoms with Crippen LogP contribution in [0, 0.1) is 20.8 Å². The van der Waals surface area contributed by atoms with Gasteiger partial charge in [-0.1, -0.05) is 29.8 Å². The van der Waals surface area contributed by atoms with Crippen molar-refractivity contribution in [3.8, 4) is 0 Å². The van der Waals surface area contributed by atoms with Gasteiger partial charge in [0, 0.05) is 37.5 Å². The highest BCUT2D eigenvalue weighted by Gasteiger charge is 2.26. The van der Waals surface area contributed by atoms with E-state index >= 15 is 0 Å². The lowest BCUT2D eigenvalue weighted by Gasteiger charge is -2.35. The highest BCUT2D eigenvalue weighted by atomic mass is 16.2. The number of carbonyl (C=O) groups is 1. The van der Waals surface area contributed by atoms with Crippen LogP contribution < -0.4 is 4.90 Å². The van der Waals surface area contributed by atoms with E-state index in [1.165, 1.54) is 11.1 Å². The van der Waals surface area contributed by atoms with Gasteiger partial charge in [0.2, 0.25) is 5.91 Å². The van der Waals surface area contributed by atoms with E-state index in [0.717, 1.165) is 29.4 Å². The first-order valence-corrected chi connectivity index (χ1v) is 8.92. The molecule has 1 aliphatic rings. The Bertz CT molecular complexity index is 960. The summed E-state index contributed by atoms with van der Waals surface area (Å²) in [7, 11) is 0. The molecule has 0 spiro atoms. The molecule has 0 N–H and O–H groups in total. The summed E-state index contributed by atoms with van der Waals surface area (Å²) in [5.74, 6) is 1.08. The molecule has 1 fully saturated rings. The monoisotopic (exact) mass is 349 g/mol. The van der Waals surface area contributed by atoms with Crippen LogP contribution in [0.2, 0.25) is 0 Å². The van der Waals surface area contributed by atoms with Crippen LogP contribution in [0.25, 0.3) is 5.65 Å². The minimum atomic E-state index is 0.142. The van der Waals surface area contributed by atoms with Gasteiger partial charge in [0.1, 0.15) is 5.82 Å². The largest absolute Gasteiger partial charge is 0.345 e. The molecule has 1 aliphatic heterocycles. The summed E-state index contributed by atoms with van der Waals surface area (Å²) < 4.78 is 1.84. The van der Waals surface area contributed by atoms with Crippen LogP contribution in [0.1, 0.15) is 22.5 Å². The number of hydrogen-bond acceptors (Lipinski definition) is 4. The molecule has 1 saturated heterocycles. The molecular weight excluding hydrogens is 326 g/mol. The van der Waals surface area contributed by atoms with Crippen molar-refractivity contribution < 1.29 is 4.79 Å². The van der Waals surface area contributed by atoms with Crippen molar-refractivity contribution in [2.45, 2.75) is 27.3 Å². The highest BCUT2D eigenvalue weighted by Crippen LogP contribution is 2.21. The van der Waals surface area contributed by atoms with Crippen LogP contribution in [0.4, 0.5) is 5.82 Å². The van der Waals surface area contributed by atoms with Crippen molar-refractivity contribution in [1.82, 2.24) is 19.5 Å². The number of aromatic nitrogens is 3. The smallest absolute Gasteiger partial charge is 0.242 e. The summed E-state index contributed by atoms with van der Waals surface area (Å²) in [6, 6.07) is 12.3. The third-order valence-corrected chi connectivity index (χ3v) is 4.80. The van der Waals surface area contributed by atoms with Gasteiger partial charge in [-0.3, -0.25) is 4.79 Å². The molecule has 0 saturated carbocycles. The Morgan fingerprint density at radius 2 is 1.77 bits per heavy atom. The van der Waals surface area contributed by atoms with Gasteiger partial charge in [0.15, 0.2) is 5.65 Å². The summed E-state index contributed by atoms with van der Waals surface area (Å²) >= 11 is 0. The molecule has 1 aromatic carbocycles. The second-order valence-electron chi connectivity index (χ2n) is 7.03. The minimum absolute atomic E-state index is 0.142. The highest BCUT2D eigenvalue weighted by molar-refractivity contribution is 5.82. The summed E-state index contributed by atoms with van der Waals surface area (Å²) in [4.78, 5) is 21.3. The average Bonchev–Trinajstić information content (AvgIpc) is 2.98. The average molecular weight is 349 g/mol. The number of nitrogens with zero attached hydrogens (tertiary/aromatic N) is 5. The molecule has 0 aliphatic carbocycles. The quantitative estimate of drug-likeness (QED) is 0.729. The second-order valence-corrected chi connectivity index (χ2v) is 7.03. The molecule has 2 aromatic heterocycles. The lowest BCUT2D eigenvalue weighted by molar-refractivity contribution is -0.131. The number of fused-ring (bicyclic) bond motifs is 1. The van der Waals surface area contributed by atoms with Gasteiger partial charge >= 0.3 is 0 Å². The number of aryl methyl sites for hydroxylation is 3. The molecule has 26 heavy (non-hydrogen) atoms. The van der Waals surface area contributed by atoms with E-state index in [-0.39, 0.29) is 5.91 Å². The van der Waals surface area contributed by atoms with Crippen molar-refractivity contribution >= 4 is 17.4 Å². The molecule has 0 atom stereocenters. The second kappa shape index (κ2) is 6.44. The Balaban J connectivity index is 1.54. The number of benzene rings is 1. The predicted octanol–water partition coefficient (Wildman–Crippen LogP) is 2.50. The van der Waals surface area contributed by atoms with E-state index in [2.05, 4.69) is 46.2 Å². The number of carbonyl (C=O) groups excluding carboxylic acids is 1. The molecule has 1 amide bonds. The SMILES string of the molecule is Cc1ccc(CN2CCN(c3cc(C)nc4cc(C)nn34)CC2=O)cc1. The third kappa shape index (κ3) is 3.14. The van der Waals surface area contributed by atoms with Crippen molar-refractivity contribution in [2.24, 2.45) is 0 Å². The van der Waals surface area contributed by atoms with Crippen LogP contribution in [0.3, 0.4) is 0 Å². The topological polar surface area (TPSA) is 53.7 Å². The zero-order valence-electron chi connectivity index (χ0n) is 15.4. The first-order valence-electron chi connectivity index (χ1n) is 8.92. The Morgan fingerprint density at radius 3 is 2.50 bits per heavy atom. The Hall–Kier alpha value is -2.89. The van der Waals surface area contributed by atoms with Crippen LogP contribution >= 0.6 is 0 Å². The van der Waals surface area contributed by atoms with Crippen LogP contribution in [0.5, 0.6) is 0 Å². The van der Waals surface area contributed by atoms with Crippen molar-refractivity contribution in [1.29, 1.82) is 0 Å². The van der Waals surface area contributed by atoms with E-state index in [0.29, 0.717) is 19.6 Å². The van der Waals surface area contributed by atoms with Crippen molar-refractivity contribution in [2.75, 3.05) is 24.5 Å². The normalized spacial score (nSPS) is 15.1. The van der Waals surface area contributed by atoms with Gasteiger partial charge in [-0.2, -0.15) is 9.61 Å². The van der Waals surface area contributed by atoms with Crippen LogP contribution in [-0.4, -0.2) is 45.0 Å². The fraction of sp³-hybridized carbons (Fsp3) is 0.350. The van der Waals surface area contributed by atoms with E-state index in [9.17, 15) is 4.79 Å². The van der Waals surface area contributed by atoms with E-state index in [4.69, 9.17) is 0 Å². The molecule has 0 bridgehead atoms. The number of hydrogen-bond donors (Lipinski definition) is 0. The van der Waals surface area contributed by atoms with Gasteiger partial charge < -0.3 is 9.80 Å². The standard InChI is InChI=1S/C20H23N5O/c1-14-4-6-17(7-5-14)12-24-9-8-23(13-20(24)26)19-11-15(2)21-18-10-16(3)22-25(18)19/h4-7,10-11H,8-9,12-13H2,1-3H3. The zero-order valence-corrected chi connectivity index (χ0v) is 15.4. The van der Waals surface area contributed by atoms with Crippen molar-refractivity contribution in [3.63, 3.8) is 0 Å². The summed E-state index contributed by atoms with van der Waals surface area (Å²) in [5.41, 5.74) is 5.08. The fourth-order valence-electron chi connectivity index (χ4n) is 3.41. The number of piperazine rings is 1. The molecular formula is C20H23N5O. The van der Waals surface area contributed by atoms with Gasteiger partial charge in [-0.25, -0.2) is 4.98 Å². The number of rotatable bonds is 3. The fourth-order valence-corrected chi connectivity index (χ4v) is 3.41. The lowest BCUT2D eigenvalue weighted by atomic mass is 10.1. The number of anilines is 1. The first kappa shape index (κ1) is 16.6. The van der Waals surface area contributed by atoms with Gasteiger partial charge in [0.25, 0.3) is 0 Å². The maximum atomic E-state index is 12.7. The molecule has 4 rings (SSSR count). The maximum Gasteiger partial charge on any atom is 0.242 e.